The zero-order chi connectivity index (χ0) is 20.0. The molecule has 1 N–H and O–H groups in total. The quantitative estimate of drug-likeness (QED) is 0.690. The second kappa shape index (κ2) is 6.66. The number of carbonyl (C=O) groups excluding carboxylic acids is 3. The van der Waals surface area contributed by atoms with Gasteiger partial charge < -0.3 is 9.42 Å². The monoisotopic (exact) mass is 388 g/mol. The van der Waals surface area contributed by atoms with Gasteiger partial charge in [0.2, 0.25) is 11.8 Å². The highest BCUT2D eigenvalue weighted by Gasteiger charge is 2.39. The van der Waals surface area contributed by atoms with E-state index >= 15 is 0 Å². The molecule has 29 heavy (non-hydrogen) atoms. The van der Waals surface area contributed by atoms with Crippen LogP contribution in [0, 0.1) is 0 Å². The minimum absolute atomic E-state index is 0.201. The van der Waals surface area contributed by atoms with E-state index in [1.165, 1.54) is 4.90 Å². The van der Waals surface area contributed by atoms with Crippen molar-refractivity contribution in [3.63, 3.8) is 0 Å². The fourth-order valence-electron chi connectivity index (χ4n) is 3.77. The smallest absolute Gasteiger partial charge is 0.255 e. The number of rotatable bonds is 3. The highest BCUT2D eigenvalue weighted by Crippen LogP contribution is 2.32. The first-order chi connectivity index (χ1) is 14.1. The molecule has 0 spiro atoms. The molecule has 2 aromatic heterocycles. The number of hydrogen-bond acceptors (Lipinski definition) is 6. The van der Waals surface area contributed by atoms with Gasteiger partial charge in [-0.2, -0.15) is 0 Å². The Bertz CT molecular complexity index is 1140. The van der Waals surface area contributed by atoms with Gasteiger partial charge in [-0.05, 0) is 36.2 Å². The largest absolute Gasteiger partial charge is 0.356 e. The lowest BCUT2D eigenvalue weighted by atomic mass is 10.0. The van der Waals surface area contributed by atoms with Crippen LogP contribution < -0.4 is 5.32 Å². The molecule has 2 aliphatic rings. The van der Waals surface area contributed by atoms with Gasteiger partial charge in [-0.3, -0.25) is 24.7 Å². The van der Waals surface area contributed by atoms with E-state index in [1.807, 2.05) is 24.3 Å². The molecular weight excluding hydrogens is 372 g/mol. The van der Waals surface area contributed by atoms with Crippen molar-refractivity contribution in [1.29, 1.82) is 0 Å². The van der Waals surface area contributed by atoms with Gasteiger partial charge in [0.05, 0.1) is 5.69 Å². The number of piperidine rings is 1. The van der Waals surface area contributed by atoms with Crippen LogP contribution in [0.4, 0.5) is 0 Å². The number of carbonyl (C=O) groups is 3. The second-order valence-corrected chi connectivity index (χ2v) is 7.06. The molecule has 3 amide bonds. The molecule has 1 atom stereocenters. The average molecular weight is 388 g/mol. The van der Waals surface area contributed by atoms with Gasteiger partial charge in [0.25, 0.3) is 5.91 Å². The summed E-state index contributed by atoms with van der Waals surface area (Å²) in [5.41, 5.74) is 3.50. The van der Waals surface area contributed by atoms with Crippen molar-refractivity contribution >= 4 is 17.7 Å². The van der Waals surface area contributed by atoms with Crippen LogP contribution in [0.25, 0.3) is 22.7 Å². The number of imide groups is 1. The lowest BCUT2D eigenvalue weighted by molar-refractivity contribution is -0.136. The highest BCUT2D eigenvalue weighted by atomic mass is 16.5. The molecule has 1 aromatic carbocycles. The zero-order valence-corrected chi connectivity index (χ0v) is 15.3. The van der Waals surface area contributed by atoms with Crippen LogP contribution in [-0.4, -0.2) is 38.8 Å². The van der Waals surface area contributed by atoms with E-state index in [2.05, 4.69) is 15.5 Å². The summed E-state index contributed by atoms with van der Waals surface area (Å²) < 4.78 is 5.47. The van der Waals surface area contributed by atoms with E-state index in [0.717, 1.165) is 11.1 Å². The molecule has 0 radical (unpaired) electrons. The van der Waals surface area contributed by atoms with Gasteiger partial charge in [-0.15, -0.1) is 0 Å². The van der Waals surface area contributed by atoms with Crippen LogP contribution >= 0.6 is 0 Å². The number of hydrogen-bond donors (Lipinski definition) is 1. The van der Waals surface area contributed by atoms with Gasteiger partial charge in [-0.25, -0.2) is 0 Å². The van der Waals surface area contributed by atoms with Crippen LogP contribution in [0.5, 0.6) is 0 Å². The molecule has 5 rings (SSSR count). The summed E-state index contributed by atoms with van der Waals surface area (Å²) in [4.78, 5) is 42.1. The summed E-state index contributed by atoms with van der Waals surface area (Å²) in [6.45, 7) is 0.315. The van der Waals surface area contributed by atoms with Crippen molar-refractivity contribution in [2.45, 2.75) is 25.4 Å². The van der Waals surface area contributed by atoms with Gasteiger partial charge >= 0.3 is 0 Å². The van der Waals surface area contributed by atoms with Gasteiger partial charge in [-0.1, -0.05) is 17.3 Å². The Morgan fingerprint density at radius 2 is 1.97 bits per heavy atom. The minimum Gasteiger partial charge on any atom is -0.356 e. The zero-order valence-electron chi connectivity index (χ0n) is 15.3. The maximum atomic E-state index is 12.8. The van der Waals surface area contributed by atoms with Crippen molar-refractivity contribution in [3.8, 4) is 22.7 Å². The van der Waals surface area contributed by atoms with E-state index in [-0.39, 0.29) is 18.2 Å². The van der Waals surface area contributed by atoms with E-state index in [9.17, 15) is 14.4 Å². The molecule has 8 heteroatoms. The van der Waals surface area contributed by atoms with Crippen molar-refractivity contribution in [1.82, 2.24) is 20.4 Å². The Kier molecular flexibility index (Phi) is 3.97. The Morgan fingerprint density at radius 3 is 2.76 bits per heavy atom. The molecular formula is C21H16N4O4. The second-order valence-electron chi connectivity index (χ2n) is 7.06. The predicted molar refractivity (Wildman–Crippen MR) is 101 cm³/mol. The third kappa shape index (κ3) is 2.98. The predicted octanol–water partition coefficient (Wildman–Crippen LogP) is 2.16. The molecule has 0 aliphatic carbocycles. The van der Waals surface area contributed by atoms with Gasteiger partial charge in [0.1, 0.15) is 11.7 Å². The lowest BCUT2D eigenvalue weighted by Crippen LogP contribution is -2.52. The molecule has 1 fully saturated rings. The first-order valence-corrected chi connectivity index (χ1v) is 9.26. The molecule has 8 nitrogen and oxygen atoms in total. The number of nitrogens with one attached hydrogen (secondary N) is 1. The molecule has 0 saturated carbocycles. The maximum Gasteiger partial charge on any atom is 0.255 e. The van der Waals surface area contributed by atoms with Gasteiger partial charge in [0.15, 0.2) is 5.76 Å². The first-order valence-electron chi connectivity index (χ1n) is 9.26. The molecule has 144 valence electrons. The third-order valence-corrected chi connectivity index (χ3v) is 5.25. The van der Waals surface area contributed by atoms with Crippen LogP contribution in [0.15, 0.2) is 53.2 Å². The summed E-state index contributed by atoms with van der Waals surface area (Å²) in [5, 5.41) is 6.39. The van der Waals surface area contributed by atoms with E-state index in [4.69, 9.17) is 4.52 Å². The molecule has 2 aliphatic heterocycles. The van der Waals surface area contributed by atoms with Gasteiger partial charge in [0, 0.05) is 36.4 Å². The van der Waals surface area contributed by atoms with Crippen LogP contribution in [0.3, 0.4) is 0 Å². The van der Waals surface area contributed by atoms with E-state index in [0.29, 0.717) is 35.7 Å². The maximum absolute atomic E-state index is 12.8. The fourth-order valence-corrected chi connectivity index (χ4v) is 3.77. The first kappa shape index (κ1) is 17.3. The van der Waals surface area contributed by atoms with E-state index in [1.54, 1.807) is 24.4 Å². The highest BCUT2D eigenvalue weighted by molar-refractivity contribution is 6.05. The van der Waals surface area contributed by atoms with Crippen molar-refractivity contribution in [2.24, 2.45) is 0 Å². The number of nitrogens with zero attached hydrogens (tertiary/aromatic N) is 3. The Labute approximate surface area is 165 Å². The van der Waals surface area contributed by atoms with E-state index < -0.39 is 11.9 Å². The van der Waals surface area contributed by atoms with Crippen LogP contribution in [0.1, 0.15) is 28.8 Å². The number of amides is 3. The lowest BCUT2D eigenvalue weighted by Gasteiger charge is -2.29. The summed E-state index contributed by atoms with van der Waals surface area (Å²) >= 11 is 0. The summed E-state index contributed by atoms with van der Waals surface area (Å²) in [7, 11) is 0. The minimum atomic E-state index is -0.628. The number of aromatic nitrogens is 2. The SMILES string of the molecule is O=C1CCC(N2Cc3cc(-c4cc(-c5ccccn5)no4)ccc3C2=O)C(=O)N1. The molecule has 0 bridgehead atoms. The molecule has 1 saturated heterocycles. The number of benzene rings is 1. The van der Waals surface area contributed by atoms with Crippen molar-refractivity contribution in [2.75, 3.05) is 0 Å². The van der Waals surface area contributed by atoms with Crippen molar-refractivity contribution < 1.29 is 18.9 Å². The molecule has 3 aromatic rings. The Balaban J connectivity index is 1.41. The van der Waals surface area contributed by atoms with Crippen LogP contribution in [0.2, 0.25) is 0 Å². The summed E-state index contributed by atoms with van der Waals surface area (Å²) in [6, 6.07) is 12.1. The van der Waals surface area contributed by atoms with Crippen LogP contribution in [-0.2, 0) is 16.1 Å². The third-order valence-electron chi connectivity index (χ3n) is 5.25. The topological polar surface area (TPSA) is 105 Å². The standard InChI is InChI=1S/C21H16N4O4/c26-19-7-6-17(20(27)23-19)25-11-13-9-12(4-5-14(13)21(25)28)18-10-16(24-29-18)15-3-1-2-8-22-15/h1-5,8-10,17H,6-7,11H2,(H,23,26,27). The van der Waals surface area contributed by atoms with Crippen molar-refractivity contribution in [3.05, 3.63) is 59.8 Å². The number of pyridine rings is 1. The normalized spacial score (nSPS) is 18.7. The number of fused-ring (bicyclic) bond motifs is 1. The Morgan fingerprint density at radius 1 is 1.07 bits per heavy atom. The average Bonchev–Trinajstić information content (AvgIpc) is 3.34. The molecule has 4 heterocycles. The summed E-state index contributed by atoms with van der Waals surface area (Å²) in [5.74, 6) is -0.349. The summed E-state index contributed by atoms with van der Waals surface area (Å²) in [6.07, 6.45) is 2.26. The fraction of sp³-hybridized carbons (Fsp3) is 0.190. The molecule has 1 unspecified atom stereocenters. The Hall–Kier alpha value is -3.81.